The van der Waals surface area contributed by atoms with Crippen LogP contribution in [0.4, 0.5) is 5.69 Å². The molecule has 1 aromatic heterocycles. The van der Waals surface area contributed by atoms with Gasteiger partial charge in [0.1, 0.15) is 11.6 Å². The lowest BCUT2D eigenvalue weighted by molar-refractivity contribution is -0.115. The summed E-state index contributed by atoms with van der Waals surface area (Å²) < 4.78 is 2.05. The maximum atomic E-state index is 12.4. The van der Waals surface area contributed by atoms with Crippen LogP contribution in [-0.2, 0) is 11.3 Å². The predicted molar refractivity (Wildman–Crippen MR) is 98.6 cm³/mol. The van der Waals surface area contributed by atoms with Gasteiger partial charge in [0.15, 0.2) is 0 Å². The lowest BCUT2D eigenvalue weighted by Gasteiger charge is -2.19. The first-order valence-electron chi connectivity index (χ1n) is 8.04. The Kier molecular flexibility index (Phi) is 3.93. The lowest BCUT2D eigenvalue weighted by Crippen LogP contribution is -2.18. The molecule has 2 N–H and O–H groups in total. The highest BCUT2D eigenvalue weighted by Gasteiger charge is 2.24. The number of imidazole rings is 1. The van der Waals surface area contributed by atoms with Crippen LogP contribution < -0.4 is 5.32 Å². The van der Waals surface area contributed by atoms with Gasteiger partial charge < -0.3 is 15.0 Å². The number of halogens is 1. The zero-order chi connectivity index (χ0) is 17.4. The fourth-order valence-corrected chi connectivity index (χ4v) is 3.33. The average Bonchev–Trinajstić information content (AvgIpc) is 2.96. The summed E-state index contributed by atoms with van der Waals surface area (Å²) in [6.07, 6.45) is 0.550. The summed E-state index contributed by atoms with van der Waals surface area (Å²) in [5.41, 5.74) is 3.07. The van der Waals surface area contributed by atoms with Crippen LogP contribution in [0.2, 0.25) is 5.02 Å². The van der Waals surface area contributed by atoms with Crippen LogP contribution in [0.1, 0.15) is 18.7 Å². The van der Waals surface area contributed by atoms with Gasteiger partial charge >= 0.3 is 0 Å². The fraction of sp³-hybridized carbons (Fsp3) is 0.158. The summed E-state index contributed by atoms with van der Waals surface area (Å²) in [6, 6.07) is 14.8. The highest BCUT2D eigenvalue weighted by molar-refractivity contribution is 6.30. The van der Waals surface area contributed by atoms with Crippen molar-refractivity contribution in [2.45, 2.75) is 19.4 Å². The van der Waals surface area contributed by atoms with Crippen molar-refractivity contribution in [1.29, 1.82) is 0 Å². The number of aliphatic hydroxyl groups is 1. The van der Waals surface area contributed by atoms with E-state index in [0.717, 1.165) is 11.0 Å². The van der Waals surface area contributed by atoms with Crippen molar-refractivity contribution in [1.82, 2.24) is 9.55 Å². The Balaban J connectivity index is 1.63. The molecular weight excluding hydrogens is 338 g/mol. The molecule has 0 fully saturated rings. The van der Waals surface area contributed by atoms with Gasteiger partial charge in [0, 0.05) is 29.2 Å². The summed E-state index contributed by atoms with van der Waals surface area (Å²) in [5.74, 6) is 0.666. The fourth-order valence-electron chi connectivity index (χ4n) is 3.14. The van der Waals surface area contributed by atoms with Crippen LogP contribution in [0, 0.1) is 0 Å². The number of aryl methyl sites for hydroxylation is 1. The number of allylic oxidation sites excluding steroid dienone is 1. The normalized spacial score (nSPS) is 13.8. The van der Waals surface area contributed by atoms with E-state index in [1.54, 1.807) is 24.3 Å². The van der Waals surface area contributed by atoms with Gasteiger partial charge in [-0.05, 0) is 30.3 Å². The van der Waals surface area contributed by atoms with Crippen LogP contribution in [0.5, 0.6) is 0 Å². The SMILES string of the molecule is O=C(CC1=C(O)CCn2c1nc1ccccc12)Nc1cccc(Cl)c1. The smallest absolute Gasteiger partial charge is 0.229 e. The van der Waals surface area contributed by atoms with E-state index >= 15 is 0 Å². The van der Waals surface area contributed by atoms with E-state index in [4.69, 9.17) is 11.6 Å². The lowest BCUT2D eigenvalue weighted by atomic mass is 10.0. The second-order valence-corrected chi connectivity index (χ2v) is 6.42. The van der Waals surface area contributed by atoms with E-state index in [1.807, 2.05) is 24.3 Å². The summed E-state index contributed by atoms with van der Waals surface area (Å²) in [4.78, 5) is 17.0. The Labute approximate surface area is 149 Å². The standard InChI is InChI=1S/C19H16ClN3O2/c20-12-4-3-5-13(10-12)21-18(25)11-14-17(24)8-9-23-16-7-2-1-6-15(16)22-19(14)23/h1-7,10,24H,8-9,11H2,(H,21,25). The second-order valence-electron chi connectivity index (χ2n) is 5.99. The zero-order valence-electron chi connectivity index (χ0n) is 13.4. The average molecular weight is 354 g/mol. The molecule has 1 aliphatic rings. The van der Waals surface area contributed by atoms with Gasteiger partial charge in [0.2, 0.25) is 5.91 Å². The first-order valence-corrected chi connectivity index (χ1v) is 8.41. The third-order valence-corrected chi connectivity index (χ3v) is 4.53. The Hall–Kier alpha value is -2.79. The molecule has 1 amide bonds. The molecule has 1 aliphatic heterocycles. The van der Waals surface area contributed by atoms with Gasteiger partial charge in [-0.25, -0.2) is 4.98 Å². The number of rotatable bonds is 3. The van der Waals surface area contributed by atoms with Gasteiger partial charge in [-0.2, -0.15) is 0 Å². The molecule has 0 spiro atoms. The van der Waals surface area contributed by atoms with Crippen LogP contribution >= 0.6 is 11.6 Å². The van der Waals surface area contributed by atoms with E-state index in [1.165, 1.54) is 0 Å². The van der Waals surface area contributed by atoms with Crippen LogP contribution in [0.3, 0.4) is 0 Å². The Morgan fingerprint density at radius 3 is 2.92 bits per heavy atom. The van der Waals surface area contributed by atoms with Crippen LogP contribution in [-0.4, -0.2) is 20.6 Å². The van der Waals surface area contributed by atoms with Gasteiger partial charge in [0.05, 0.1) is 17.5 Å². The summed E-state index contributed by atoms with van der Waals surface area (Å²) in [7, 11) is 0. The third kappa shape index (κ3) is 2.98. The van der Waals surface area contributed by atoms with Crippen LogP contribution in [0.15, 0.2) is 54.3 Å². The molecule has 4 rings (SSSR count). The number of nitrogens with zero attached hydrogens (tertiary/aromatic N) is 2. The topological polar surface area (TPSA) is 67.1 Å². The zero-order valence-corrected chi connectivity index (χ0v) is 14.1. The number of carbonyl (C=O) groups excluding carboxylic acids is 1. The van der Waals surface area contributed by atoms with Crippen LogP contribution in [0.25, 0.3) is 16.6 Å². The first kappa shape index (κ1) is 15.7. The molecule has 3 aromatic rings. The molecule has 0 atom stereocenters. The molecule has 0 unspecified atom stereocenters. The molecule has 0 saturated carbocycles. The van der Waals surface area contributed by atoms with Crippen molar-refractivity contribution in [3.8, 4) is 0 Å². The summed E-state index contributed by atoms with van der Waals surface area (Å²) in [5, 5.41) is 13.7. The molecule has 6 heteroatoms. The highest BCUT2D eigenvalue weighted by atomic mass is 35.5. The summed E-state index contributed by atoms with van der Waals surface area (Å²) >= 11 is 5.94. The van der Waals surface area contributed by atoms with Crippen molar-refractivity contribution in [2.75, 3.05) is 5.32 Å². The molecule has 0 aliphatic carbocycles. The van der Waals surface area contributed by atoms with Gasteiger partial charge in [0.25, 0.3) is 0 Å². The number of nitrogens with one attached hydrogen (secondary N) is 1. The molecule has 5 nitrogen and oxygen atoms in total. The number of carbonyl (C=O) groups is 1. The van der Waals surface area contributed by atoms with Crippen molar-refractivity contribution >= 4 is 39.8 Å². The van der Waals surface area contributed by atoms with E-state index < -0.39 is 0 Å². The van der Waals surface area contributed by atoms with E-state index in [9.17, 15) is 9.90 Å². The van der Waals surface area contributed by atoms with Crippen molar-refractivity contribution in [2.24, 2.45) is 0 Å². The number of para-hydroxylation sites is 2. The van der Waals surface area contributed by atoms with Crippen molar-refractivity contribution < 1.29 is 9.90 Å². The number of anilines is 1. The minimum Gasteiger partial charge on any atom is -0.512 e. The maximum absolute atomic E-state index is 12.4. The Morgan fingerprint density at radius 2 is 2.08 bits per heavy atom. The maximum Gasteiger partial charge on any atom is 0.229 e. The number of fused-ring (bicyclic) bond motifs is 3. The van der Waals surface area contributed by atoms with Gasteiger partial charge in [-0.15, -0.1) is 0 Å². The molecule has 0 radical (unpaired) electrons. The first-order chi connectivity index (χ1) is 12.1. The minimum atomic E-state index is -0.218. The Morgan fingerprint density at radius 1 is 1.24 bits per heavy atom. The molecule has 0 saturated heterocycles. The Bertz CT molecular complexity index is 1010. The van der Waals surface area contributed by atoms with E-state index in [0.29, 0.717) is 35.1 Å². The highest BCUT2D eigenvalue weighted by Crippen LogP contribution is 2.31. The van der Waals surface area contributed by atoms with E-state index in [-0.39, 0.29) is 18.1 Å². The minimum absolute atomic E-state index is 0.0572. The summed E-state index contributed by atoms with van der Waals surface area (Å²) in [6.45, 7) is 0.654. The molecule has 0 bridgehead atoms. The van der Waals surface area contributed by atoms with Crippen molar-refractivity contribution in [3.63, 3.8) is 0 Å². The largest absolute Gasteiger partial charge is 0.512 e. The molecule has 25 heavy (non-hydrogen) atoms. The second kappa shape index (κ2) is 6.26. The molecule has 2 heterocycles. The number of hydrogen-bond acceptors (Lipinski definition) is 3. The monoisotopic (exact) mass is 353 g/mol. The third-order valence-electron chi connectivity index (χ3n) is 4.29. The predicted octanol–water partition coefficient (Wildman–Crippen LogP) is 4.39. The number of benzene rings is 2. The molecular formula is C19H16ClN3O2. The van der Waals surface area contributed by atoms with E-state index in [2.05, 4.69) is 14.9 Å². The van der Waals surface area contributed by atoms with Gasteiger partial charge in [-0.3, -0.25) is 4.79 Å². The quantitative estimate of drug-likeness (QED) is 0.733. The number of aliphatic hydroxyl groups excluding tert-OH is 1. The van der Waals surface area contributed by atoms with Gasteiger partial charge in [-0.1, -0.05) is 29.8 Å². The molecule has 2 aromatic carbocycles. The number of amides is 1. The molecule has 126 valence electrons. The number of hydrogen-bond donors (Lipinski definition) is 2. The van der Waals surface area contributed by atoms with Crippen molar-refractivity contribution in [3.05, 3.63) is 65.1 Å². The number of aromatic nitrogens is 2.